The van der Waals surface area contributed by atoms with Crippen LogP contribution < -0.4 is 0 Å². The van der Waals surface area contributed by atoms with Crippen molar-refractivity contribution in [2.24, 2.45) is 0 Å². The maximum Gasteiger partial charge on any atom is 0.0970 e. The molecule has 0 amide bonds. The van der Waals surface area contributed by atoms with Gasteiger partial charge in [-0.05, 0) is 51.4 Å². The van der Waals surface area contributed by atoms with Crippen LogP contribution in [0.3, 0.4) is 0 Å². The van der Waals surface area contributed by atoms with Crippen molar-refractivity contribution in [3.8, 4) is 0 Å². The molecule has 0 saturated heterocycles. The van der Waals surface area contributed by atoms with Gasteiger partial charge in [-0.3, -0.25) is 0 Å². The topological polar surface area (TPSA) is 40.5 Å². The second kappa shape index (κ2) is 8.43. The van der Waals surface area contributed by atoms with Gasteiger partial charge in [0.25, 0.3) is 0 Å². The second-order valence-corrected chi connectivity index (χ2v) is 5.99. The van der Waals surface area contributed by atoms with E-state index in [1.54, 1.807) is 6.08 Å². The van der Waals surface area contributed by atoms with Gasteiger partial charge < -0.3 is 10.2 Å². The first-order valence-corrected chi connectivity index (χ1v) is 7.89. The molecule has 1 rings (SSSR count). The van der Waals surface area contributed by atoms with Gasteiger partial charge in [0.05, 0.1) is 11.2 Å². The minimum absolute atomic E-state index is 0.462. The summed E-state index contributed by atoms with van der Waals surface area (Å²) in [6, 6.07) is 0. The van der Waals surface area contributed by atoms with E-state index >= 15 is 0 Å². The van der Waals surface area contributed by atoms with Crippen LogP contribution in [-0.2, 0) is 0 Å². The Morgan fingerprint density at radius 3 is 2.15 bits per heavy atom. The van der Waals surface area contributed by atoms with Gasteiger partial charge in [0, 0.05) is 0 Å². The molecule has 1 aliphatic carbocycles. The zero-order chi connectivity index (χ0) is 14.9. The van der Waals surface area contributed by atoms with Gasteiger partial charge in [-0.2, -0.15) is 0 Å². The Morgan fingerprint density at radius 2 is 1.55 bits per heavy atom. The summed E-state index contributed by atoms with van der Waals surface area (Å²) in [5.41, 5.74) is -2.02. The van der Waals surface area contributed by atoms with Crippen LogP contribution in [0.2, 0.25) is 0 Å². The highest BCUT2D eigenvalue weighted by Crippen LogP contribution is 2.39. The van der Waals surface area contributed by atoms with Gasteiger partial charge in [0.1, 0.15) is 0 Å². The third-order valence-electron chi connectivity index (χ3n) is 4.46. The fourth-order valence-electron chi connectivity index (χ4n) is 3.12. The van der Waals surface area contributed by atoms with E-state index in [2.05, 4.69) is 25.3 Å². The second-order valence-electron chi connectivity index (χ2n) is 5.99. The SMILES string of the molecule is C=CCCCCC[C@]1(O)CCC=CCC[C@@]1(O)CC=C. The lowest BCUT2D eigenvalue weighted by molar-refractivity contribution is -0.163. The molecule has 2 heteroatoms. The average molecular weight is 278 g/mol. The molecule has 0 aromatic carbocycles. The predicted molar refractivity (Wildman–Crippen MR) is 85.6 cm³/mol. The summed E-state index contributed by atoms with van der Waals surface area (Å²) in [7, 11) is 0. The zero-order valence-electron chi connectivity index (χ0n) is 12.7. The predicted octanol–water partition coefficient (Wildman–Crippen LogP) is 4.29. The fourth-order valence-corrected chi connectivity index (χ4v) is 3.12. The highest BCUT2D eigenvalue weighted by atomic mass is 16.4. The molecule has 0 aromatic rings. The van der Waals surface area contributed by atoms with Crippen LogP contribution in [0, 0.1) is 0 Å². The van der Waals surface area contributed by atoms with E-state index < -0.39 is 11.2 Å². The number of allylic oxidation sites excluding steroid dienone is 3. The summed E-state index contributed by atoms with van der Waals surface area (Å²) < 4.78 is 0. The van der Waals surface area contributed by atoms with Gasteiger partial charge in [-0.1, -0.05) is 37.1 Å². The summed E-state index contributed by atoms with van der Waals surface area (Å²) in [5, 5.41) is 22.0. The molecule has 2 N–H and O–H groups in total. The molecule has 20 heavy (non-hydrogen) atoms. The normalized spacial score (nSPS) is 30.5. The van der Waals surface area contributed by atoms with Crippen LogP contribution in [0.1, 0.15) is 64.2 Å². The van der Waals surface area contributed by atoms with Crippen molar-refractivity contribution < 1.29 is 10.2 Å². The highest BCUT2D eigenvalue weighted by molar-refractivity contribution is 5.06. The highest BCUT2D eigenvalue weighted by Gasteiger charge is 2.46. The fraction of sp³-hybridized carbons (Fsp3) is 0.667. The van der Waals surface area contributed by atoms with Crippen LogP contribution in [0.5, 0.6) is 0 Å². The van der Waals surface area contributed by atoms with Gasteiger partial charge in [0.15, 0.2) is 0 Å². The van der Waals surface area contributed by atoms with Crippen molar-refractivity contribution in [1.82, 2.24) is 0 Å². The quantitative estimate of drug-likeness (QED) is 0.513. The Labute approximate surface area is 123 Å². The zero-order valence-corrected chi connectivity index (χ0v) is 12.7. The molecule has 0 fully saturated rings. The molecule has 0 bridgehead atoms. The maximum atomic E-state index is 11.0. The molecule has 0 saturated carbocycles. The van der Waals surface area contributed by atoms with E-state index in [1.807, 2.05) is 6.08 Å². The summed E-state index contributed by atoms with van der Waals surface area (Å²) in [6.45, 7) is 7.46. The molecule has 114 valence electrons. The molecule has 0 unspecified atom stereocenters. The van der Waals surface area contributed by atoms with Crippen molar-refractivity contribution in [3.05, 3.63) is 37.5 Å². The number of rotatable bonds is 8. The lowest BCUT2D eigenvalue weighted by Gasteiger charge is -2.44. The molecular weight excluding hydrogens is 248 g/mol. The van der Waals surface area contributed by atoms with Crippen LogP contribution >= 0.6 is 0 Å². The third-order valence-corrected chi connectivity index (χ3v) is 4.46. The standard InChI is InChI=1S/C18H30O2/c1-3-5-6-7-10-15-18(20)16-12-9-8-11-14-17(18,19)13-4-2/h3-4,8-9,19-20H,1-2,5-7,10-16H2/t17-,18-/m0/s1. The minimum Gasteiger partial charge on any atom is -0.387 e. The van der Waals surface area contributed by atoms with Crippen molar-refractivity contribution >= 4 is 0 Å². The monoisotopic (exact) mass is 278 g/mol. The van der Waals surface area contributed by atoms with E-state index in [4.69, 9.17) is 0 Å². The first-order chi connectivity index (χ1) is 9.58. The molecule has 2 atom stereocenters. The first kappa shape index (κ1) is 17.2. The van der Waals surface area contributed by atoms with Gasteiger partial charge >= 0.3 is 0 Å². The largest absolute Gasteiger partial charge is 0.387 e. The smallest absolute Gasteiger partial charge is 0.0970 e. The minimum atomic E-state index is -1.03. The molecule has 1 aliphatic rings. The van der Waals surface area contributed by atoms with E-state index in [0.29, 0.717) is 25.7 Å². The molecule has 0 aliphatic heterocycles. The lowest BCUT2D eigenvalue weighted by Crippen LogP contribution is -2.54. The average Bonchev–Trinajstić information content (AvgIpc) is 2.41. The number of unbranched alkanes of at least 4 members (excludes halogenated alkanes) is 3. The summed E-state index contributed by atoms with van der Waals surface area (Å²) in [5.74, 6) is 0. The Bertz CT molecular complexity index is 334. The summed E-state index contributed by atoms with van der Waals surface area (Å²) >= 11 is 0. The van der Waals surface area contributed by atoms with E-state index in [0.717, 1.165) is 38.5 Å². The van der Waals surface area contributed by atoms with Gasteiger partial charge in [0.2, 0.25) is 0 Å². The van der Waals surface area contributed by atoms with Crippen molar-refractivity contribution in [1.29, 1.82) is 0 Å². The van der Waals surface area contributed by atoms with Gasteiger partial charge in [-0.15, -0.1) is 13.2 Å². The Morgan fingerprint density at radius 1 is 0.900 bits per heavy atom. The van der Waals surface area contributed by atoms with E-state index in [9.17, 15) is 10.2 Å². The van der Waals surface area contributed by atoms with Crippen molar-refractivity contribution in [2.45, 2.75) is 75.4 Å². The lowest BCUT2D eigenvalue weighted by atomic mass is 9.71. The Balaban J connectivity index is 2.68. The molecule has 0 radical (unpaired) electrons. The molecule has 0 aromatic heterocycles. The molecule has 0 spiro atoms. The first-order valence-electron chi connectivity index (χ1n) is 7.89. The molecule has 0 heterocycles. The summed E-state index contributed by atoms with van der Waals surface area (Å²) in [6.07, 6.45) is 16.1. The van der Waals surface area contributed by atoms with Crippen molar-refractivity contribution in [3.63, 3.8) is 0 Å². The van der Waals surface area contributed by atoms with Crippen LogP contribution in [0.25, 0.3) is 0 Å². The van der Waals surface area contributed by atoms with Crippen LogP contribution in [0.15, 0.2) is 37.5 Å². The van der Waals surface area contributed by atoms with Crippen LogP contribution in [0.4, 0.5) is 0 Å². The van der Waals surface area contributed by atoms with Crippen molar-refractivity contribution in [2.75, 3.05) is 0 Å². The number of aliphatic hydroxyl groups is 2. The summed E-state index contributed by atoms with van der Waals surface area (Å²) in [4.78, 5) is 0. The van der Waals surface area contributed by atoms with E-state index in [-0.39, 0.29) is 0 Å². The van der Waals surface area contributed by atoms with Crippen LogP contribution in [-0.4, -0.2) is 21.4 Å². The maximum absolute atomic E-state index is 11.0. The Kier molecular flexibility index (Phi) is 7.25. The number of hydrogen-bond donors (Lipinski definition) is 2. The third kappa shape index (κ3) is 4.60. The molecule has 2 nitrogen and oxygen atoms in total. The van der Waals surface area contributed by atoms with Gasteiger partial charge in [-0.25, -0.2) is 0 Å². The van der Waals surface area contributed by atoms with E-state index in [1.165, 1.54) is 0 Å². The molecular formula is C18H30O2. The Hall–Kier alpha value is -0.860. The number of hydrogen-bond acceptors (Lipinski definition) is 2.